The lowest BCUT2D eigenvalue weighted by molar-refractivity contribution is 0.0492. The molecule has 6 rings (SSSR count). The monoisotopic (exact) mass is 502 g/mol. The van der Waals surface area contributed by atoms with Crippen molar-refractivity contribution in [1.82, 2.24) is 29.2 Å². The number of likely N-dealkylation sites (tertiary alicyclic amines) is 1. The van der Waals surface area contributed by atoms with Crippen LogP contribution in [0.2, 0.25) is 0 Å². The molecule has 0 amide bonds. The second-order valence-electron chi connectivity index (χ2n) is 10.2. The van der Waals surface area contributed by atoms with E-state index < -0.39 is 0 Å². The van der Waals surface area contributed by atoms with E-state index in [-0.39, 0.29) is 17.8 Å². The number of aryl methyl sites for hydroxylation is 1. The van der Waals surface area contributed by atoms with Gasteiger partial charge < -0.3 is 14.4 Å². The highest BCUT2D eigenvalue weighted by Gasteiger charge is 2.24. The number of hydrogen-bond donors (Lipinski definition) is 0. The van der Waals surface area contributed by atoms with E-state index in [1.54, 1.807) is 11.6 Å². The Balaban J connectivity index is 1.29. The fourth-order valence-electron chi connectivity index (χ4n) is 5.62. The van der Waals surface area contributed by atoms with Gasteiger partial charge in [0.25, 0.3) is 0 Å². The number of pyridine rings is 1. The molecule has 9 heteroatoms. The number of rotatable bonds is 7. The number of hydrogen-bond acceptors (Lipinski definition) is 7. The molecule has 9 nitrogen and oxygen atoms in total. The molecule has 1 aromatic carbocycles. The Labute approximate surface area is 216 Å². The van der Waals surface area contributed by atoms with Gasteiger partial charge in [-0.05, 0) is 69.5 Å². The van der Waals surface area contributed by atoms with Gasteiger partial charge in [-0.3, -0.25) is 14.1 Å². The predicted octanol–water partition coefficient (Wildman–Crippen LogP) is 3.87. The molecule has 4 aromatic rings. The van der Waals surface area contributed by atoms with Crippen LogP contribution in [0.25, 0.3) is 33.2 Å². The first-order chi connectivity index (χ1) is 18.1. The Kier molecular flexibility index (Phi) is 6.75. The molecule has 5 heterocycles. The zero-order valence-corrected chi connectivity index (χ0v) is 21.6. The van der Waals surface area contributed by atoms with Gasteiger partial charge in [-0.15, -0.1) is 10.2 Å². The van der Waals surface area contributed by atoms with E-state index in [0.29, 0.717) is 18.9 Å². The third-order valence-electron chi connectivity index (χ3n) is 7.83. The Morgan fingerprint density at radius 2 is 1.86 bits per heavy atom. The maximum absolute atomic E-state index is 13.2. The second kappa shape index (κ2) is 10.3. The van der Waals surface area contributed by atoms with Crippen molar-refractivity contribution < 1.29 is 9.47 Å². The van der Waals surface area contributed by atoms with Gasteiger partial charge in [0, 0.05) is 50.0 Å². The van der Waals surface area contributed by atoms with Crippen LogP contribution in [0.5, 0.6) is 0 Å². The molecule has 0 bridgehead atoms. The predicted molar refractivity (Wildman–Crippen MR) is 143 cm³/mol. The molecule has 2 aliphatic rings. The number of ether oxygens (including phenoxy) is 2. The van der Waals surface area contributed by atoms with E-state index in [4.69, 9.17) is 14.5 Å². The average Bonchev–Trinajstić information content (AvgIpc) is 3.55. The zero-order valence-electron chi connectivity index (χ0n) is 21.6. The van der Waals surface area contributed by atoms with Crippen LogP contribution >= 0.6 is 0 Å². The normalized spacial score (nSPS) is 18.2. The lowest BCUT2D eigenvalue weighted by Gasteiger charge is -2.23. The highest BCUT2D eigenvalue weighted by molar-refractivity contribution is 6.02. The van der Waals surface area contributed by atoms with E-state index in [1.165, 1.54) is 25.9 Å². The van der Waals surface area contributed by atoms with Gasteiger partial charge in [0.05, 0.1) is 23.9 Å². The third-order valence-corrected chi connectivity index (χ3v) is 7.83. The van der Waals surface area contributed by atoms with Crippen molar-refractivity contribution in [3.05, 3.63) is 52.7 Å². The van der Waals surface area contributed by atoms with Gasteiger partial charge in [-0.1, -0.05) is 12.1 Å². The Hall–Kier alpha value is -3.14. The summed E-state index contributed by atoms with van der Waals surface area (Å²) in [6.45, 7) is 7.45. The van der Waals surface area contributed by atoms with Crippen LogP contribution < -0.4 is 5.69 Å². The van der Waals surface area contributed by atoms with Crippen LogP contribution in [0.15, 0.2) is 41.3 Å². The largest absolute Gasteiger partial charge is 0.381 e. The van der Waals surface area contributed by atoms with Gasteiger partial charge >= 0.3 is 5.69 Å². The van der Waals surface area contributed by atoms with Crippen LogP contribution in [-0.2, 0) is 16.5 Å². The minimum absolute atomic E-state index is 0.0543. The summed E-state index contributed by atoms with van der Waals surface area (Å²) in [5.41, 5.74) is 5.13. The van der Waals surface area contributed by atoms with E-state index in [0.717, 1.165) is 59.2 Å². The summed E-state index contributed by atoms with van der Waals surface area (Å²) >= 11 is 0. The van der Waals surface area contributed by atoms with Crippen LogP contribution in [0.4, 0.5) is 0 Å². The molecule has 0 radical (unpaired) electrons. The summed E-state index contributed by atoms with van der Waals surface area (Å²) in [6.07, 6.45) is 6.06. The maximum atomic E-state index is 13.2. The van der Waals surface area contributed by atoms with Gasteiger partial charge in [0.2, 0.25) is 0 Å². The molecule has 37 heavy (non-hydrogen) atoms. The molecule has 3 aromatic heterocycles. The smallest absolute Gasteiger partial charge is 0.330 e. The second-order valence-corrected chi connectivity index (χ2v) is 10.2. The number of fused-ring (bicyclic) bond motifs is 3. The SMILES string of the molecule is C[C@@H](OCCN1CCCC1)c1ccc(-c2ccc3nnc4c(c3c2)n(C2CCOCC2)c(=O)n4C)cn1. The summed E-state index contributed by atoms with van der Waals surface area (Å²) in [5.74, 6) is 0. The molecular formula is C28H34N6O3. The van der Waals surface area contributed by atoms with Crippen molar-refractivity contribution in [2.24, 2.45) is 7.05 Å². The first-order valence-corrected chi connectivity index (χ1v) is 13.4. The maximum Gasteiger partial charge on any atom is 0.330 e. The number of nitrogens with zero attached hydrogens (tertiary/aromatic N) is 6. The minimum Gasteiger partial charge on any atom is -0.381 e. The molecule has 1 atom stereocenters. The van der Waals surface area contributed by atoms with Crippen LogP contribution in [0.1, 0.15) is 50.4 Å². The van der Waals surface area contributed by atoms with Gasteiger partial charge in [0.1, 0.15) is 5.52 Å². The van der Waals surface area contributed by atoms with Crippen molar-refractivity contribution in [2.75, 3.05) is 39.5 Å². The quantitative estimate of drug-likeness (QED) is 0.379. The molecule has 0 unspecified atom stereocenters. The highest BCUT2D eigenvalue weighted by Crippen LogP contribution is 2.31. The molecule has 0 saturated carbocycles. The molecule has 2 saturated heterocycles. The molecule has 194 valence electrons. The summed E-state index contributed by atoms with van der Waals surface area (Å²) < 4.78 is 15.1. The van der Waals surface area contributed by atoms with E-state index in [2.05, 4.69) is 34.2 Å². The zero-order chi connectivity index (χ0) is 25.4. The fourth-order valence-corrected chi connectivity index (χ4v) is 5.62. The standard InChI is InChI=1S/C28H34N6O3/c1-19(37-16-13-33-11-3-4-12-33)24-7-6-21(18-29-24)20-5-8-25-23(17-20)26-27(31-30-25)32(2)28(35)34(26)22-9-14-36-15-10-22/h5-8,17-19,22H,3-4,9-16H2,1-2H3/t19-/m1/s1. The molecule has 0 spiro atoms. The Morgan fingerprint density at radius 1 is 1.08 bits per heavy atom. The van der Waals surface area contributed by atoms with Crippen LogP contribution in [0.3, 0.4) is 0 Å². The van der Waals surface area contributed by atoms with Crippen molar-refractivity contribution >= 4 is 22.1 Å². The average molecular weight is 503 g/mol. The lowest BCUT2D eigenvalue weighted by atomic mass is 10.0. The summed E-state index contributed by atoms with van der Waals surface area (Å²) in [7, 11) is 1.77. The summed E-state index contributed by atoms with van der Waals surface area (Å²) in [6, 6.07) is 10.3. The lowest BCUT2D eigenvalue weighted by Crippen LogP contribution is -2.29. The van der Waals surface area contributed by atoms with Crippen molar-refractivity contribution in [3.8, 4) is 11.1 Å². The van der Waals surface area contributed by atoms with Crippen molar-refractivity contribution in [1.29, 1.82) is 0 Å². The molecular weight excluding hydrogens is 468 g/mol. The number of aromatic nitrogens is 5. The number of benzene rings is 1. The van der Waals surface area contributed by atoms with Gasteiger partial charge in [-0.2, -0.15) is 0 Å². The van der Waals surface area contributed by atoms with Gasteiger partial charge in [0.15, 0.2) is 5.65 Å². The molecule has 0 N–H and O–H groups in total. The van der Waals surface area contributed by atoms with Crippen molar-refractivity contribution in [2.45, 2.75) is 44.8 Å². The van der Waals surface area contributed by atoms with Gasteiger partial charge in [-0.25, -0.2) is 4.79 Å². The van der Waals surface area contributed by atoms with E-state index in [9.17, 15) is 4.79 Å². The molecule has 2 aliphatic heterocycles. The fraction of sp³-hybridized carbons (Fsp3) is 0.500. The third kappa shape index (κ3) is 4.67. The summed E-state index contributed by atoms with van der Waals surface area (Å²) in [4.78, 5) is 20.4. The van der Waals surface area contributed by atoms with E-state index >= 15 is 0 Å². The summed E-state index contributed by atoms with van der Waals surface area (Å²) in [5, 5.41) is 9.74. The molecule has 2 fully saturated rings. The first kappa shape index (κ1) is 24.2. The van der Waals surface area contributed by atoms with Crippen LogP contribution in [-0.4, -0.2) is 68.7 Å². The number of imidazole rings is 1. The van der Waals surface area contributed by atoms with Crippen LogP contribution in [0, 0.1) is 0 Å². The first-order valence-electron chi connectivity index (χ1n) is 13.4. The topological polar surface area (TPSA) is 87.3 Å². The Morgan fingerprint density at radius 3 is 2.62 bits per heavy atom. The van der Waals surface area contributed by atoms with Crippen molar-refractivity contribution in [3.63, 3.8) is 0 Å². The Bertz CT molecular complexity index is 1450. The van der Waals surface area contributed by atoms with E-state index in [1.807, 2.05) is 29.0 Å². The highest BCUT2D eigenvalue weighted by atomic mass is 16.5. The minimum atomic E-state index is -0.0566. The molecule has 0 aliphatic carbocycles.